The minimum atomic E-state index is -5.08. The lowest BCUT2D eigenvalue weighted by atomic mass is 9.97. The Kier molecular flexibility index (Phi) is 9.10. The maximum atomic E-state index is 13.5. The molecule has 2 N–H and O–H groups in total. The molecule has 8 nitrogen and oxygen atoms in total. The van der Waals surface area contributed by atoms with Gasteiger partial charge in [0.1, 0.15) is 11.8 Å². The zero-order valence-electron chi connectivity index (χ0n) is 25.0. The Morgan fingerprint density at radius 3 is 1.85 bits per heavy atom. The van der Waals surface area contributed by atoms with Gasteiger partial charge in [0, 0.05) is 12.7 Å². The summed E-state index contributed by atoms with van der Waals surface area (Å²) >= 11 is 0. The number of aromatic nitrogens is 2. The molecule has 5 aromatic rings. The van der Waals surface area contributed by atoms with Gasteiger partial charge in [-0.15, -0.1) is 0 Å². The van der Waals surface area contributed by atoms with Crippen LogP contribution in [0.3, 0.4) is 0 Å². The summed E-state index contributed by atoms with van der Waals surface area (Å²) in [5, 5.41) is 16.9. The topological polar surface area (TPSA) is 122 Å². The first-order valence-corrected chi connectivity index (χ1v) is 15.9. The Morgan fingerprint density at radius 2 is 1.35 bits per heavy atom. The maximum Gasteiger partial charge on any atom is 0.416 e. The number of hydrogen-bond donors (Lipinski definition) is 2. The van der Waals surface area contributed by atoms with Crippen LogP contribution in [0.2, 0.25) is 0 Å². The van der Waals surface area contributed by atoms with Crippen LogP contribution >= 0.6 is 0 Å². The van der Waals surface area contributed by atoms with Crippen LogP contribution in [-0.2, 0) is 28.6 Å². The van der Waals surface area contributed by atoms with Crippen LogP contribution in [0.25, 0.3) is 22.3 Å². The number of halogens is 6. The van der Waals surface area contributed by atoms with Crippen LogP contribution in [0, 0.1) is 6.92 Å². The number of alkyl halides is 6. The van der Waals surface area contributed by atoms with Crippen molar-refractivity contribution in [3.8, 4) is 28.0 Å². The Labute approximate surface area is 270 Å². The first-order chi connectivity index (χ1) is 22.4. The molecule has 5 rings (SSSR count). The Hall–Kier alpha value is -5.18. The predicted molar refractivity (Wildman–Crippen MR) is 161 cm³/mol. The van der Waals surface area contributed by atoms with Crippen molar-refractivity contribution >= 4 is 15.7 Å². The summed E-state index contributed by atoms with van der Waals surface area (Å²) in [7, 11) is -3.36. The highest BCUT2D eigenvalue weighted by atomic mass is 32.2. The highest BCUT2D eigenvalue weighted by Gasteiger charge is 2.37. The van der Waals surface area contributed by atoms with E-state index in [1.165, 1.54) is 12.1 Å². The van der Waals surface area contributed by atoms with E-state index in [9.17, 15) is 44.7 Å². The van der Waals surface area contributed by atoms with Gasteiger partial charge in [-0.25, -0.2) is 8.42 Å². The molecular weight excluding hydrogens is 664 g/mol. The molecule has 1 atom stereocenters. The highest BCUT2D eigenvalue weighted by Crippen LogP contribution is 2.39. The predicted octanol–water partition coefficient (Wildman–Crippen LogP) is 7.57. The molecule has 0 spiro atoms. The molecule has 4 aromatic carbocycles. The van der Waals surface area contributed by atoms with E-state index in [1.54, 1.807) is 43.3 Å². The van der Waals surface area contributed by atoms with E-state index >= 15 is 0 Å². The fourth-order valence-corrected chi connectivity index (χ4v) is 5.50. The van der Waals surface area contributed by atoms with Gasteiger partial charge >= 0.3 is 12.4 Å². The molecule has 0 saturated carbocycles. The van der Waals surface area contributed by atoms with Gasteiger partial charge in [0.25, 0.3) is 5.91 Å². The fourth-order valence-electron chi connectivity index (χ4n) is 4.87. The molecule has 0 aliphatic rings. The lowest BCUT2D eigenvalue weighted by Gasteiger charge is -2.17. The third-order valence-electron chi connectivity index (χ3n) is 7.32. The van der Waals surface area contributed by atoms with Gasteiger partial charge in [-0.1, -0.05) is 47.6 Å². The molecule has 250 valence electrons. The second-order valence-electron chi connectivity index (χ2n) is 10.9. The number of phenols is 1. The number of rotatable bonds is 8. The molecule has 0 fully saturated rings. The molecule has 1 aromatic heterocycles. The van der Waals surface area contributed by atoms with E-state index in [0.29, 0.717) is 17.7 Å². The van der Waals surface area contributed by atoms with Crippen molar-refractivity contribution in [1.29, 1.82) is 0 Å². The Bertz CT molecular complexity index is 2040. The van der Waals surface area contributed by atoms with Gasteiger partial charge < -0.3 is 14.9 Å². The fraction of sp³-hybridized carbons (Fsp3) is 0.182. The molecule has 15 heteroatoms. The van der Waals surface area contributed by atoms with Crippen LogP contribution < -0.4 is 5.32 Å². The molecule has 1 unspecified atom stereocenters. The van der Waals surface area contributed by atoms with Crippen molar-refractivity contribution < 1.29 is 49.2 Å². The minimum absolute atomic E-state index is 0.00426. The van der Waals surface area contributed by atoms with E-state index in [2.05, 4.69) is 15.5 Å². The Morgan fingerprint density at radius 1 is 0.812 bits per heavy atom. The number of aromatic hydroxyl groups is 1. The molecular formula is C33H25F6N3O5S. The summed E-state index contributed by atoms with van der Waals surface area (Å²) in [5.41, 5.74) is -1.92. The summed E-state index contributed by atoms with van der Waals surface area (Å²) in [6.45, 7) is 1.55. The molecule has 0 aliphatic heterocycles. The SMILES string of the molecule is Cc1noc(C(Cc2ccc(-c3ccc(S(C)(=O)=O)cc3)cc2)NC(=O)c2cc(-c3cc(C(F)(F)F)cc(C(F)(F)F)c3)ccc2O)n1. The van der Waals surface area contributed by atoms with E-state index in [4.69, 9.17) is 4.52 Å². The number of aryl methyl sites for hydroxylation is 1. The normalized spacial score (nSPS) is 12.9. The third-order valence-corrected chi connectivity index (χ3v) is 8.45. The first kappa shape index (κ1) is 34.2. The van der Waals surface area contributed by atoms with Crippen molar-refractivity contribution in [3.05, 3.63) is 119 Å². The van der Waals surface area contributed by atoms with Gasteiger partial charge in [0.05, 0.1) is 21.6 Å². The first-order valence-electron chi connectivity index (χ1n) is 14.0. The van der Waals surface area contributed by atoms with Gasteiger partial charge in [-0.2, -0.15) is 31.3 Å². The second kappa shape index (κ2) is 12.8. The zero-order valence-corrected chi connectivity index (χ0v) is 25.8. The van der Waals surface area contributed by atoms with E-state index in [1.807, 2.05) is 0 Å². The maximum absolute atomic E-state index is 13.5. The van der Waals surface area contributed by atoms with Gasteiger partial charge in [-0.3, -0.25) is 4.79 Å². The number of nitrogens with one attached hydrogen (secondary N) is 1. The van der Waals surface area contributed by atoms with Gasteiger partial charge in [0.2, 0.25) is 5.89 Å². The number of phenolic OH excluding ortho intramolecular Hbond substituents is 1. The number of sulfone groups is 1. The van der Waals surface area contributed by atoms with Crippen LogP contribution in [-0.4, -0.2) is 35.8 Å². The van der Waals surface area contributed by atoms with E-state index in [-0.39, 0.29) is 34.7 Å². The largest absolute Gasteiger partial charge is 0.507 e. The second-order valence-corrected chi connectivity index (χ2v) is 12.9. The third kappa shape index (κ3) is 7.85. The molecule has 0 radical (unpaired) electrons. The van der Waals surface area contributed by atoms with Crippen LogP contribution in [0.1, 0.15) is 44.8 Å². The van der Waals surface area contributed by atoms with Gasteiger partial charge in [-0.05, 0) is 77.2 Å². The number of carbonyl (C=O) groups is 1. The monoisotopic (exact) mass is 689 g/mol. The lowest BCUT2D eigenvalue weighted by Crippen LogP contribution is -2.30. The van der Waals surface area contributed by atoms with E-state index < -0.39 is 62.1 Å². The summed E-state index contributed by atoms with van der Waals surface area (Å²) in [6, 6.07) is 16.5. The molecule has 0 aliphatic carbocycles. The molecule has 0 bridgehead atoms. The number of carbonyl (C=O) groups excluding carboxylic acids is 1. The Balaban J connectivity index is 1.43. The summed E-state index contributed by atoms with van der Waals surface area (Å²) in [4.78, 5) is 17.8. The lowest BCUT2D eigenvalue weighted by molar-refractivity contribution is -0.143. The summed E-state index contributed by atoms with van der Waals surface area (Å²) in [6.07, 6.45) is -8.95. The van der Waals surface area contributed by atoms with Crippen molar-refractivity contribution in [1.82, 2.24) is 15.5 Å². The van der Waals surface area contributed by atoms with Crippen LogP contribution in [0.15, 0.2) is 94.3 Å². The van der Waals surface area contributed by atoms with Crippen LogP contribution in [0.5, 0.6) is 5.75 Å². The zero-order chi connectivity index (χ0) is 35.0. The minimum Gasteiger partial charge on any atom is -0.507 e. The smallest absolute Gasteiger partial charge is 0.416 e. The number of benzene rings is 4. The van der Waals surface area contributed by atoms with Crippen molar-refractivity contribution in [3.63, 3.8) is 0 Å². The number of nitrogens with zero attached hydrogens (tertiary/aromatic N) is 2. The summed E-state index contributed by atoms with van der Waals surface area (Å²) in [5.74, 6) is -1.23. The molecule has 0 saturated heterocycles. The number of amides is 1. The average Bonchev–Trinajstić information content (AvgIpc) is 3.46. The van der Waals surface area contributed by atoms with E-state index in [0.717, 1.165) is 35.6 Å². The standard InChI is InChI=1S/C33H25F6N3O5S/c1-18-40-31(47-42-18)28(13-19-3-5-20(6-4-19)21-7-10-26(11-8-21)48(2,45)46)41-30(44)27-16-22(9-12-29(27)43)23-14-24(32(34,35)36)17-25(15-23)33(37,38)39/h3-12,14-17,28,43H,13H2,1-2H3,(H,41,44). The quantitative estimate of drug-likeness (QED) is 0.161. The highest BCUT2D eigenvalue weighted by molar-refractivity contribution is 7.90. The molecule has 1 amide bonds. The number of hydrogen-bond acceptors (Lipinski definition) is 7. The van der Waals surface area contributed by atoms with Crippen molar-refractivity contribution in [2.24, 2.45) is 0 Å². The van der Waals surface area contributed by atoms with Crippen LogP contribution in [0.4, 0.5) is 26.3 Å². The summed E-state index contributed by atoms with van der Waals surface area (Å²) < 4.78 is 110. The van der Waals surface area contributed by atoms with Gasteiger partial charge in [0.15, 0.2) is 15.7 Å². The average molecular weight is 690 g/mol. The molecule has 48 heavy (non-hydrogen) atoms. The molecule has 1 heterocycles. The van der Waals surface area contributed by atoms with Crippen molar-refractivity contribution in [2.75, 3.05) is 6.26 Å². The van der Waals surface area contributed by atoms with Crippen molar-refractivity contribution in [2.45, 2.75) is 36.6 Å².